The van der Waals surface area contributed by atoms with Crippen molar-refractivity contribution in [1.82, 2.24) is 0 Å². The van der Waals surface area contributed by atoms with Gasteiger partial charge in [-0.1, -0.05) is 54.0 Å². The second kappa shape index (κ2) is 9.02. The van der Waals surface area contributed by atoms with Gasteiger partial charge < -0.3 is 14.0 Å². The molecule has 1 aliphatic rings. The van der Waals surface area contributed by atoms with Gasteiger partial charge in [-0.15, -0.1) is 0 Å². The number of oxime groups is 1. The molecule has 0 radical (unpaired) electrons. The Bertz CT molecular complexity index is 1190. The molecule has 0 amide bonds. The van der Waals surface area contributed by atoms with E-state index in [1.807, 2.05) is 37.3 Å². The summed E-state index contributed by atoms with van der Waals surface area (Å²) in [5.74, 6) is -0.0839. The van der Waals surface area contributed by atoms with Gasteiger partial charge in [0.15, 0.2) is 0 Å². The predicted molar refractivity (Wildman–Crippen MR) is 117 cm³/mol. The van der Waals surface area contributed by atoms with Crippen molar-refractivity contribution in [3.8, 4) is 11.3 Å². The average Bonchev–Trinajstić information content (AvgIpc) is 3.40. The zero-order chi connectivity index (χ0) is 21.8. The summed E-state index contributed by atoms with van der Waals surface area (Å²) in [5, 5.41) is 4.19. The molecule has 6 nitrogen and oxygen atoms in total. The van der Waals surface area contributed by atoms with Crippen LogP contribution in [0.2, 0.25) is 5.02 Å². The van der Waals surface area contributed by atoms with Gasteiger partial charge in [0, 0.05) is 11.1 Å². The van der Waals surface area contributed by atoms with E-state index in [9.17, 15) is 9.59 Å². The van der Waals surface area contributed by atoms with Crippen LogP contribution in [0.4, 0.5) is 0 Å². The highest BCUT2D eigenvalue weighted by Gasteiger charge is 2.27. The van der Waals surface area contributed by atoms with Crippen LogP contribution in [-0.2, 0) is 14.4 Å². The van der Waals surface area contributed by atoms with E-state index in [1.165, 1.54) is 0 Å². The highest BCUT2D eigenvalue weighted by atomic mass is 35.5. The first-order valence-electron chi connectivity index (χ1n) is 9.70. The fourth-order valence-electron chi connectivity index (χ4n) is 3.05. The molecule has 0 bridgehead atoms. The highest BCUT2D eigenvalue weighted by Crippen LogP contribution is 2.29. The standard InChI is InChI=1S/C24H18ClNO5/c1-2-12-29-23(27)18-13-16(8-10-20(18)25)21-11-9-17(30-21)14-19-22(26-31-24(19)28)15-6-4-3-5-7-15/h3-11,13-14H,2,12H2,1H3/b19-14-. The summed E-state index contributed by atoms with van der Waals surface area (Å²) in [4.78, 5) is 29.3. The molecule has 4 rings (SSSR count). The number of benzene rings is 2. The number of hydrogen-bond acceptors (Lipinski definition) is 6. The van der Waals surface area contributed by atoms with E-state index >= 15 is 0 Å². The van der Waals surface area contributed by atoms with Gasteiger partial charge in [0.2, 0.25) is 0 Å². The summed E-state index contributed by atoms with van der Waals surface area (Å²) in [6.07, 6.45) is 2.30. The summed E-state index contributed by atoms with van der Waals surface area (Å²) >= 11 is 6.16. The van der Waals surface area contributed by atoms with Gasteiger partial charge in [-0.05, 0) is 42.8 Å². The second-order valence-corrected chi connectivity index (χ2v) is 7.18. The van der Waals surface area contributed by atoms with E-state index in [4.69, 9.17) is 25.6 Å². The van der Waals surface area contributed by atoms with E-state index < -0.39 is 11.9 Å². The third kappa shape index (κ3) is 4.44. The van der Waals surface area contributed by atoms with E-state index in [1.54, 1.807) is 36.4 Å². The molecule has 156 valence electrons. The third-order valence-electron chi connectivity index (χ3n) is 4.56. The lowest BCUT2D eigenvalue weighted by Gasteiger charge is -2.06. The van der Waals surface area contributed by atoms with Crippen molar-refractivity contribution in [3.05, 3.63) is 88.1 Å². The molecular weight excluding hydrogens is 418 g/mol. The number of furan rings is 1. The van der Waals surface area contributed by atoms with Crippen LogP contribution < -0.4 is 0 Å². The Morgan fingerprint density at radius 1 is 1.10 bits per heavy atom. The summed E-state index contributed by atoms with van der Waals surface area (Å²) in [6, 6.07) is 17.7. The maximum absolute atomic E-state index is 12.2. The summed E-state index contributed by atoms with van der Waals surface area (Å²) in [7, 11) is 0. The smallest absolute Gasteiger partial charge is 0.368 e. The number of ether oxygens (including phenoxy) is 1. The number of rotatable bonds is 6. The molecule has 2 aromatic carbocycles. The van der Waals surface area contributed by atoms with Crippen molar-refractivity contribution in [3.63, 3.8) is 0 Å². The van der Waals surface area contributed by atoms with Gasteiger partial charge in [0.1, 0.15) is 17.2 Å². The molecule has 0 fully saturated rings. The molecule has 0 saturated heterocycles. The van der Waals surface area contributed by atoms with Crippen LogP contribution in [0.25, 0.3) is 17.4 Å². The minimum absolute atomic E-state index is 0.266. The van der Waals surface area contributed by atoms with Gasteiger partial charge >= 0.3 is 11.9 Å². The van der Waals surface area contributed by atoms with Crippen molar-refractivity contribution in [2.45, 2.75) is 13.3 Å². The molecule has 1 aromatic heterocycles. The number of carbonyl (C=O) groups is 2. The van der Waals surface area contributed by atoms with E-state index in [0.717, 1.165) is 12.0 Å². The molecular formula is C24H18ClNO5. The first-order chi connectivity index (χ1) is 15.1. The van der Waals surface area contributed by atoms with Crippen molar-refractivity contribution in [2.75, 3.05) is 6.61 Å². The predicted octanol–water partition coefficient (Wildman–Crippen LogP) is 5.51. The van der Waals surface area contributed by atoms with Gasteiger partial charge in [-0.25, -0.2) is 9.59 Å². The number of esters is 1. The lowest BCUT2D eigenvalue weighted by atomic mass is 10.0. The van der Waals surface area contributed by atoms with Crippen LogP contribution in [0, 0.1) is 0 Å². The van der Waals surface area contributed by atoms with Crippen LogP contribution in [-0.4, -0.2) is 24.3 Å². The largest absolute Gasteiger partial charge is 0.462 e. The molecule has 0 atom stereocenters. The van der Waals surface area contributed by atoms with Crippen molar-refractivity contribution in [1.29, 1.82) is 0 Å². The number of nitrogens with zero attached hydrogens (tertiary/aromatic N) is 1. The SMILES string of the molecule is CCCOC(=O)c1cc(-c2ccc(/C=C3\C(=O)ON=C3c3ccccc3)o2)ccc1Cl. The first-order valence-corrected chi connectivity index (χ1v) is 10.1. The van der Waals surface area contributed by atoms with E-state index in [2.05, 4.69) is 5.16 Å². The zero-order valence-corrected chi connectivity index (χ0v) is 17.4. The summed E-state index contributed by atoms with van der Waals surface area (Å²) in [5.41, 5.74) is 2.42. The van der Waals surface area contributed by atoms with E-state index in [0.29, 0.717) is 40.0 Å². The Labute approximate surface area is 183 Å². The molecule has 2 heterocycles. The average molecular weight is 436 g/mol. The Kier molecular flexibility index (Phi) is 6.00. The topological polar surface area (TPSA) is 78.1 Å². The van der Waals surface area contributed by atoms with E-state index in [-0.39, 0.29) is 5.56 Å². The molecule has 3 aromatic rings. The maximum Gasteiger partial charge on any atom is 0.368 e. The first kappa shape index (κ1) is 20.6. The normalized spacial score (nSPS) is 14.5. The fraction of sp³-hybridized carbons (Fsp3) is 0.125. The summed E-state index contributed by atoms with van der Waals surface area (Å²) < 4.78 is 11.1. The van der Waals surface area contributed by atoms with Crippen LogP contribution in [0.3, 0.4) is 0 Å². The molecule has 0 unspecified atom stereocenters. The number of carbonyl (C=O) groups excluding carboxylic acids is 2. The number of hydrogen-bond donors (Lipinski definition) is 0. The molecule has 0 N–H and O–H groups in total. The molecule has 1 aliphatic heterocycles. The molecule has 0 spiro atoms. The third-order valence-corrected chi connectivity index (χ3v) is 4.89. The zero-order valence-electron chi connectivity index (χ0n) is 16.6. The van der Waals surface area contributed by atoms with Gasteiger partial charge in [-0.2, -0.15) is 0 Å². The molecule has 31 heavy (non-hydrogen) atoms. The fourth-order valence-corrected chi connectivity index (χ4v) is 3.24. The van der Waals surface area contributed by atoms with Gasteiger partial charge in [0.05, 0.1) is 22.8 Å². The van der Waals surface area contributed by atoms with Crippen LogP contribution in [0.1, 0.15) is 35.0 Å². The van der Waals surface area contributed by atoms with Crippen molar-refractivity contribution in [2.24, 2.45) is 5.16 Å². The minimum Gasteiger partial charge on any atom is -0.462 e. The maximum atomic E-state index is 12.2. The Hall–Kier alpha value is -3.64. The molecule has 0 aliphatic carbocycles. The van der Waals surface area contributed by atoms with Gasteiger partial charge in [0.25, 0.3) is 0 Å². The van der Waals surface area contributed by atoms with Crippen LogP contribution in [0.5, 0.6) is 0 Å². The monoisotopic (exact) mass is 435 g/mol. The highest BCUT2D eigenvalue weighted by molar-refractivity contribution is 6.33. The number of halogens is 1. The Morgan fingerprint density at radius 3 is 2.68 bits per heavy atom. The quantitative estimate of drug-likeness (QED) is 0.290. The Balaban J connectivity index is 1.62. The Morgan fingerprint density at radius 2 is 1.90 bits per heavy atom. The molecule has 7 heteroatoms. The lowest BCUT2D eigenvalue weighted by molar-refractivity contribution is -0.136. The lowest BCUT2D eigenvalue weighted by Crippen LogP contribution is -2.06. The van der Waals surface area contributed by atoms with Crippen molar-refractivity contribution >= 4 is 35.3 Å². The molecule has 0 saturated carbocycles. The second-order valence-electron chi connectivity index (χ2n) is 6.78. The summed E-state index contributed by atoms with van der Waals surface area (Å²) in [6.45, 7) is 2.23. The van der Waals surface area contributed by atoms with Crippen LogP contribution >= 0.6 is 11.6 Å². The van der Waals surface area contributed by atoms with Crippen LogP contribution in [0.15, 0.2) is 75.8 Å². The minimum atomic E-state index is -0.552. The van der Waals surface area contributed by atoms with Gasteiger partial charge in [-0.3, -0.25) is 0 Å². The van der Waals surface area contributed by atoms with Crippen molar-refractivity contribution < 1.29 is 23.6 Å².